The van der Waals surface area contributed by atoms with Crippen LogP contribution in [0.15, 0.2) is 0 Å². The average molecular weight is 352 g/mol. The van der Waals surface area contributed by atoms with Gasteiger partial charge in [-0.25, -0.2) is 4.79 Å². The number of carboxylic acid groups (broad SMARTS) is 1. The Morgan fingerprint density at radius 2 is 1.43 bits per heavy atom. The second-order valence-electron chi connectivity index (χ2n) is 5.12. The third kappa shape index (κ3) is 4.64. The second-order valence-corrected chi connectivity index (χ2v) is 5.12. The number of halogens is 6. The summed E-state index contributed by atoms with van der Waals surface area (Å²) < 4.78 is 85.1. The van der Waals surface area contributed by atoms with E-state index >= 15 is 0 Å². The highest BCUT2D eigenvalue weighted by molar-refractivity contribution is 5.70. The Kier molecular flexibility index (Phi) is 5.75. The van der Waals surface area contributed by atoms with Crippen LogP contribution in [0, 0.1) is 0 Å². The standard InChI is InChI=1S/C12H14F6O5/c13-11(14,15)10(6-8(19)20,12(16,17)18)23-9(21)22-7-4-2-1-3-5-7/h7H,1-6H2,(H,19,20). The quantitative estimate of drug-likeness (QED) is 0.615. The molecule has 0 aromatic rings. The lowest BCUT2D eigenvalue weighted by Gasteiger charge is -2.35. The van der Waals surface area contributed by atoms with Gasteiger partial charge in [0.25, 0.3) is 0 Å². The largest absolute Gasteiger partial charge is 0.509 e. The summed E-state index contributed by atoms with van der Waals surface area (Å²) >= 11 is 0. The van der Waals surface area contributed by atoms with Gasteiger partial charge in [-0.1, -0.05) is 6.42 Å². The Hall–Kier alpha value is -1.68. The van der Waals surface area contributed by atoms with Crippen LogP contribution in [0.2, 0.25) is 0 Å². The van der Waals surface area contributed by atoms with Crippen molar-refractivity contribution in [3.63, 3.8) is 0 Å². The molecule has 1 aliphatic rings. The number of carbonyl (C=O) groups excluding carboxylic acids is 1. The van der Waals surface area contributed by atoms with Crippen LogP contribution in [0.4, 0.5) is 31.1 Å². The van der Waals surface area contributed by atoms with E-state index in [4.69, 9.17) is 5.11 Å². The van der Waals surface area contributed by atoms with E-state index in [1.165, 1.54) is 0 Å². The molecule has 1 rings (SSSR count). The molecule has 0 bridgehead atoms. The molecule has 1 fully saturated rings. The van der Waals surface area contributed by atoms with E-state index in [1.807, 2.05) is 0 Å². The average Bonchev–Trinajstić information content (AvgIpc) is 2.35. The molecular weight excluding hydrogens is 338 g/mol. The molecule has 0 aromatic carbocycles. The highest BCUT2D eigenvalue weighted by Crippen LogP contribution is 2.48. The Labute approximate surface area is 126 Å². The van der Waals surface area contributed by atoms with E-state index in [9.17, 15) is 35.9 Å². The Balaban J connectivity index is 2.99. The summed E-state index contributed by atoms with van der Waals surface area (Å²) in [6.45, 7) is 0. The maximum absolute atomic E-state index is 12.9. The molecule has 1 aliphatic carbocycles. The van der Waals surface area contributed by atoms with E-state index in [0.717, 1.165) is 6.42 Å². The fraction of sp³-hybridized carbons (Fsp3) is 0.833. The van der Waals surface area contributed by atoms with Crippen molar-refractivity contribution in [3.8, 4) is 0 Å². The fourth-order valence-corrected chi connectivity index (χ4v) is 2.21. The number of carbonyl (C=O) groups is 2. The lowest BCUT2D eigenvalue weighted by atomic mass is 9.97. The highest BCUT2D eigenvalue weighted by atomic mass is 19.4. The zero-order valence-electron chi connectivity index (χ0n) is 11.7. The van der Waals surface area contributed by atoms with Crippen LogP contribution in [0.25, 0.3) is 0 Å². The van der Waals surface area contributed by atoms with Crippen LogP contribution in [-0.2, 0) is 14.3 Å². The van der Waals surface area contributed by atoms with Crippen molar-refractivity contribution < 1.29 is 50.5 Å². The van der Waals surface area contributed by atoms with Crippen LogP contribution in [0.1, 0.15) is 38.5 Å². The van der Waals surface area contributed by atoms with Crippen LogP contribution in [0.3, 0.4) is 0 Å². The number of ether oxygens (including phenoxy) is 2. The third-order valence-electron chi connectivity index (χ3n) is 3.39. The maximum Gasteiger partial charge on any atom is 0.509 e. The lowest BCUT2D eigenvalue weighted by Crippen LogP contribution is -2.60. The van der Waals surface area contributed by atoms with Gasteiger partial charge < -0.3 is 14.6 Å². The molecule has 0 radical (unpaired) electrons. The number of aliphatic carboxylic acids is 1. The topological polar surface area (TPSA) is 72.8 Å². The van der Waals surface area contributed by atoms with Crippen molar-refractivity contribution in [1.82, 2.24) is 0 Å². The van der Waals surface area contributed by atoms with Crippen molar-refractivity contribution in [2.75, 3.05) is 0 Å². The zero-order chi connectivity index (χ0) is 17.9. The number of hydrogen-bond acceptors (Lipinski definition) is 4. The molecule has 0 heterocycles. The predicted molar refractivity (Wildman–Crippen MR) is 61.5 cm³/mol. The Morgan fingerprint density at radius 1 is 0.957 bits per heavy atom. The molecule has 0 atom stereocenters. The van der Waals surface area contributed by atoms with Gasteiger partial charge in [0.2, 0.25) is 0 Å². The van der Waals surface area contributed by atoms with Gasteiger partial charge in [0.1, 0.15) is 12.5 Å². The van der Waals surface area contributed by atoms with Crippen molar-refractivity contribution in [3.05, 3.63) is 0 Å². The minimum Gasteiger partial charge on any atom is -0.481 e. The molecule has 5 nitrogen and oxygen atoms in total. The molecule has 0 amide bonds. The molecule has 0 unspecified atom stereocenters. The number of carboxylic acids is 1. The lowest BCUT2D eigenvalue weighted by molar-refractivity contribution is -0.368. The summed E-state index contributed by atoms with van der Waals surface area (Å²) in [5.74, 6) is -2.43. The summed E-state index contributed by atoms with van der Waals surface area (Å²) in [5.41, 5.74) is -5.16. The van der Waals surface area contributed by atoms with Crippen molar-refractivity contribution in [2.45, 2.75) is 62.6 Å². The van der Waals surface area contributed by atoms with E-state index in [1.54, 1.807) is 0 Å². The molecule has 1 saturated carbocycles. The van der Waals surface area contributed by atoms with Crippen molar-refractivity contribution in [1.29, 1.82) is 0 Å². The second kappa shape index (κ2) is 6.83. The van der Waals surface area contributed by atoms with Gasteiger partial charge in [-0.2, -0.15) is 26.3 Å². The smallest absolute Gasteiger partial charge is 0.481 e. The first-order valence-corrected chi connectivity index (χ1v) is 6.64. The minimum absolute atomic E-state index is 0.291. The monoisotopic (exact) mass is 352 g/mol. The minimum atomic E-state index is -6.17. The molecule has 0 aromatic heterocycles. The predicted octanol–water partition coefficient (Wildman–Crippen LogP) is 3.81. The van der Waals surface area contributed by atoms with E-state index in [2.05, 4.69) is 9.47 Å². The van der Waals surface area contributed by atoms with Crippen LogP contribution in [-0.4, -0.2) is 41.3 Å². The maximum atomic E-state index is 12.9. The first kappa shape index (κ1) is 19.4. The summed E-state index contributed by atoms with van der Waals surface area (Å²) in [6, 6.07) is 0. The van der Waals surface area contributed by atoms with Crippen LogP contribution in [0.5, 0.6) is 0 Å². The number of alkyl halides is 6. The molecule has 0 spiro atoms. The van der Waals surface area contributed by atoms with Gasteiger partial charge in [-0.05, 0) is 25.7 Å². The fourth-order valence-electron chi connectivity index (χ4n) is 2.21. The van der Waals surface area contributed by atoms with Crippen LogP contribution < -0.4 is 0 Å². The van der Waals surface area contributed by atoms with Gasteiger partial charge in [0.15, 0.2) is 0 Å². The van der Waals surface area contributed by atoms with Crippen molar-refractivity contribution >= 4 is 12.1 Å². The van der Waals surface area contributed by atoms with E-state index in [-0.39, 0.29) is 0 Å². The number of rotatable bonds is 4. The highest BCUT2D eigenvalue weighted by Gasteiger charge is 2.75. The van der Waals surface area contributed by atoms with Gasteiger partial charge in [0.05, 0.1) is 0 Å². The molecule has 0 aliphatic heterocycles. The summed E-state index contributed by atoms with van der Waals surface area (Å²) in [6.07, 6.45) is -15.3. The van der Waals surface area contributed by atoms with Gasteiger partial charge in [-0.15, -0.1) is 0 Å². The Morgan fingerprint density at radius 3 is 1.83 bits per heavy atom. The molecular formula is C12H14F6O5. The van der Waals surface area contributed by atoms with E-state index < -0.39 is 42.6 Å². The molecule has 1 N–H and O–H groups in total. The summed E-state index contributed by atoms with van der Waals surface area (Å²) in [4.78, 5) is 21.8. The van der Waals surface area contributed by atoms with E-state index in [0.29, 0.717) is 25.7 Å². The molecule has 0 saturated heterocycles. The first-order chi connectivity index (χ1) is 10.4. The molecule has 11 heteroatoms. The third-order valence-corrected chi connectivity index (χ3v) is 3.39. The van der Waals surface area contributed by atoms with Crippen LogP contribution >= 0.6 is 0 Å². The summed E-state index contributed by atoms with van der Waals surface area (Å²) in [5, 5.41) is 8.38. The molecule has 134 valence electrons. The molecule has 23 heavy (non-hydrogen) atoms. The van der Waals surface area contributed by atoms with Gasteiger partial charge >= 0.3 is 30.1 Å². The normalized spacial score (nSPS) is 17.7. The number of hydrogen-bond donors (Lipinski definition) is 1. The zero-order valence-corrected chi connectivity index (χ0v) is 11.7. The van der Waals surface area contributed by atoms with Gasteiger partial charge in [-0.3, -0.25) is 4.79 Å². The van der Waals surface area contributed by atoms with Gasteiger partial charge in [0, 0.05) is 0 Å². The Bertz CT molecular complexity index is 424. The first-order valence-electron chi connectivity index (χ1n) is 6.64. The summed E-state index contributed by atoms with van der Waals surface area (Å²) in [7, 11) is 0. The van der Waals surface area contributed by atoms with Crippen molar-refractivity contribution in [2.24, 2.45) is 0 Å². The SMILES string of the molecule is O=C(O)CC(OC(=O)OC1CCCCC1)(C(F)(F)F)C(F)(F)F.